The third-order valence-corrected chi connectivity index (χ3v) is 4.46. The Morgan fingerprint density at radius 3 is 2.92 bits per heavy atom. The molecular weight excluding hydrogens is 336 g/mol. The van der Waals surface area contributed by atoms with Gasteiger partial charge in [0.1, 0.15) is 0 Å². The van der Waals surface area contributed by atoms with E-state index in [0.29, 0.717) is 17.1 Å². The quantitative estimate of drug-likeness (QED) is 0.595. The molecule has 3 aromatic heterocycles. The fraction of sp³-hybridized carbons (Fsp3) is 0.0556. The number of para-hydroxylation sites is 2. The molecule has 0 aliphatic heterocycles. The fourth-order valence-corrected chi connectivity index (χ4v) is 3.24. The summed E-state index contributed by atoms with van der Waals surface area (Å²) < 4.78 is 7.04. The van der Waals surface area contributed by atoms with Crippen LogP contribution in [0.25, 0.3) is 16.5 Å². The number of carbonyl (C=O) groups excluding carboxylic acids is 1. The van der Waals surface area contributed by atoms with Gasteiger partial charge in [-0.15, -0.1) is 11.3 Å². The molecule has 4 rings (SSSR count). The number of aromatic nitrogens is 3. The Kier molecular flexibility index (Phi) is 4.14. The van der Waals surface area contributed by atoms with Crippen molar-refractivity contribution in [1.29, 1.82) is 0 Å². The second-order valence-electron chi connectivity index (χ2n) is 5.31. The Balaban J connectivity index is 1.48. The van der Waals surface area contributed by atoms with E-state index in [-0.39, 0.29) is 12.3 Å². The number of benzene rings is 1. The summed E-state index contributed by atoms with van der Waals surface area (Å²) in [6, 6.07) is 13.0. The van der Waals surface area contributed by atoms with E-state index in [0.717, 1.165) is 10.7 Å². The van der Waals surface area contributed by atoms with Crippen LogP contribution < -0.4 is 5.32 Å². The monoisotopic (exact) mass is 350 g/mol. The van der Waals surface area contributed by atoms with Gasteiger partial charge in [-0.3, -0.25) is 4.79 Å². The summed E-state index contributed by atoms with van der Waals surface area (Å²) in [6.07, 6.45) is 5.34. The lowest BCUT2D eigenvalue weighted by molar-refractivity contribution is -0.115. The number of nitrogens with one attached hydrogen (secondary N) is 1. The SMILES string of the molecule is O=C(Cc1csc(-c2ccco2)n1)Nc1ccccc1-n1cccn1. The van der Waals surface area contributed by atoms with Gasteiger partial charge in [0.15, 0.2) is 10.8 Å². The summed E-state index contributed by atoms with van der Waals surface area (Å²) >= 11 is 1.46. The maximum atomic E-state index is 12.4. The van der Waals surface area contributed by atoms with Crippen molar-refractivity contribution < 1.29 is 9.21 Å². The first-order valence-electron chi connectivity index (χ1n) is 7.67. The number of hydrogen-bond acceptors (Lipinski definition) is 5. The molecule has 0 fully saturated rings. The highest BCUT2D eigenvalue weighted by Gasteiger charge is 2.12. The lowest BCUT2D eigenvalue weighted by Crippen LogP contribution is -2.16. The van der Waals surface area contributed by atoms with Gasteiger partial charge in [-0.25, -0.2) is 9.67 Å². The van der Waals surface area contributed by atoms with E-state index in [1.54, 1.807) is 17.1 Å². The summed E-state index contributed by atoms with van der Waals surface area (Å²) in [5.41, 5.74) is 2.23. The van der Waals surface area contributed by atoms with Gasteiger partial charge in [0, 0.05) is 17.8 Å². The molecular formula is C18H14N4O2S. The Morgan fingerprint density at radius 2 is 2.12 bits per heavy atom. The molecule has 124 valence electrons. The predicted octanol–water partition coefficient (Wildman–Crippen LogP) is 3.77. The van der Waals surface area contributed by atoms with Crippen LogP contribution in [0.15, 0.2) is 70.9 Å². The molecule has 4 aromatic rings. The molecule has 1 aromatic carbocycles. The van der Waals surface area contributed by atoms with Crippen LogP contribution in [-0.4, -0.2) is 20.7 Å². The molecule has 7 heteroatoms. The van der Waals surface area contributed by atoms with Gasteiger partial charge in [-0.2, -0.15) is 5.10 Å². The minimum atomic E-state index is -0.129. The number of anilines is 1. The van der Waals surface area contributed by atoms with Gasteiger partial charge in [-0.1, -0.05) is 12.1 Å². The Bertz CT molecular complexity index is 974. The molecule has 0 spiro atoms. The van der Waals surface area contributed by atoms with Gasteiger partial charge in [0.2, 0.25) is 5.91 Å². The minimum absolute atomic E-state index is 0.129. The molecule has 0 bridgehead atoms. The van der Waals surface area contributed by atoms with Crippen molar-refractivity contribution in [1.82, 2.24) is 14.8 Å². The summed E-state index contributed by atoms with van der Waals surface area (Å²) in [7, 11) is 0. The van der Waals surface area contributed by atoms with Gasteiger partial charge in [0.05, 0.1) is 29.8 Å². The maximum Gasteiger partial charge on any atom is 0.230 e. The average molecular weight is 350 g/mol. The number of hydrogen-bond donors (Lipinski definition) is 1. The van der Waals surface area contributed by atoms with E-state index in [1.807, 2.05) is 54.0 Å². The van der Waals surface area contributed by atoms with Crippen molar-refractivity contribution in [2.24, 2.45) is 0 Å². The summed E-state index contributed by atoms with van der Waals surface area (Å²) in [4.78, 5) is 16.9. The molecule has 0 unspecified atom stereocenters. The third kappa shape index (κ3) is 3.36. The van der Waals surface area contributed by atoms with Crippen LogP contribution in [0, 0.1) is 0 Å². The van der Waals surface area contributed by atoms with Crippen molar-refractivity contribution in [3.63, 3.8) is 0 Å². The third-order valence-electron chi connectivity index (χ3n) is 3.55. The molecule has 0 aliphatic rings. The van der Waals surface area contributed by atoms with Crippen molar-refractivity contribution in [3.8, 4) is 16.5 Å². The lowest BCUT2D eigenvalue weighted by Gasteiger charge is -2.10. The van der Waals surface area contributed by atoms with Crippen LogP contribution in [0.1, 0.15) is 5.69 Å². The van der Waals surface area contributed by atoms with Gasteiger partial charge in [0.25, 0.3) is 0 Å². The number of amides is 1. The van der Waals surface area contributed by atoms with Crippen LogP contribution in [-0.2, 0) is 11.2 Å². The first kappa shape index (κ1) is 15.3. The van der Waals surface area contributed by atoms with Crippen molar-refractivity contribution in [3.05, 3.63) is 72.2 Å². The Hall–Kier alpha value is -3.19. The molecule has 0 saturated heterocycles. The zero-order valence-electron chi connectivity index (χ0n) is 13.1. The van der Waals surface area contributed by atoms with Gasteiger partial charge < -0.3 is 9.73 Å². The van der Waals surface area contributed by atoms with Gasteiger partial charge >= 0.3 is 0 Å². The number of carbonyl (C=O) groups is 1. The molecule has 3 heterocycles. The molecule has 0 radical (unpaired) electrons. The molecule has 1 N–H and O–H groups in total. The Morgan fingerprint density at radius 1 is 1.20 bits per heavy atom. The van der Waals surface area contributed by atoms with Crippen LogP contribution in [0.2, 0.25) is 0 Å². The van der Waals surface area contributed by atoms with Crippen LogP contribution >= 0.6 is 11.3 Å². The zero-order chi connectivity index (χ0) is 17.1. The Labute approximate surface area is 147 Å². The minimum Gasteiger partial charge on any atom is -0.462 e. The summed E-state index contributed by atoms with van der Waals surface area (Å²) in [5.74, 6) is 0.580. The molecule has 0 atom stereocenters. The van der Waals surface area contributed by atoms with E-state index in [1.165, 1.54) is 11.3 Å². The highest BCUT2D eigenvalue weighted by molar-refractivity contribution is 7.13. The highest BCUT2D eigenvalue weighted by Crippen LogP contribution is 2.24. The number of furan rings is 1. The predicted molar refractivity (Wildman–Crippen MR) is 95.7 cm³/mol. The van der Waals surface area contributed by atoms with Crippen molar-refractivity contribution in [2.45, 2.75) is 6.42 Å². The summed E-state index contributed by atoms with van der Waals surface area (Å²) in [5, 5.41) is 9.79. The fourth-order valence-electron chi connectivity index (χ4n) is 2.45. The molecule has 25 heavy (non-hydrogen) atoms. The van der Waals surface area contributed by atoms with E-state index in [9.17, 15) is 4.79 Å². The van der Waals surface area contributed by atoms with E-state index in [4.69, 9.17) is 4.42 Å². The normalized spacial score (nSPS) is 10.7. The van der Waals surface area contributed by atoms with E-state index in [2.05, 4.69) is 15.4 Å². The highest BCUT2D eigenvalue weighted by atomic mass is 32.1. The second kappa shape index (κ2) is 6.74. The average Bonchev–Trinajstić information content (AvgIpc) is 3.37. The van der Waals surface area contributed by atoms with Crippen LogP contribution in [0.5, 0.6) is 0 Å². The topological polar surface area (TPSA) is 73.0 Å². The number of nitrogens with zero attached hydrogens (tertiary/aromatic N) is 3. The van der Waals surface area contributed by atoms with Crippen LogP contribution in [0.3, 0.4) is 0 Å². The van der Waals surface area contributed by atoms with Gasteiger partial charge in [-0.05, 0) is 30.3 Å². The van der Waals surface area contributed by atoms with E-state index >= 15 is 0 Å². The first-order chi connectivity index (χ1) is 12.3. The molecule has 6 nitrogen and oxygen atoms in total. The smallest absolute Gasteiger partial charge is 0.230 e. The zero-order valence-corrected chi connectivity index (χ0v) is 13.9. The second-order valence-corrected chi connectivity index (χ2v) is 6.17. The van der Waals surface area contributed by atoms with Crippen molar-refractivity contribution >= 4 is 22.9 Å². The number of rotatable bonds is 5. The standard InChI is InChI=1S/C18H14N4O2S/c23-17(11-13-12-25-18(20-13)16-7-3-10-24-16)21-14-5-1-2-6-15(14)22-9-4-8-19-22/h1-10,12H,11H2,(H,21,23). The summed E-state index contributed by atoms with van der Waals surface area (Å²) in [6.45, 7) is 0. The number of thiazole rings is 1. The van der Waals surface area contributed by atoms with Crippen molar-refractivity contribution in [2.75, 3.05) is 5.32 Å². The molecule has 1 amide bonds. The lowest BCUT2D eigenvalue weighted by atomic mass is 10.2. The molecule has 0 saturated carbocycles. The largest absolute Gasteiger partial charge is 0.462 e. The maximum absolute atomic E-state index is 12.4. The first-order valence-corrected chi connectivity index (χ1v) is 8.55. The molecule has 0 aliphatic carbocycles. The van der Waals surface area contributed by atoms with E-state index < -0.39 is 0 Å². The van der Waals surface area contributed by atoms with Crippen LogP contribution in [0.4, 0.5) is 5.69 Å².